The van der Waals surface area contributed by atoms with Crippen molar-refractivity contribution in [3.63, 3.8) is 0 Å². The number of piperazine rings is 1. The van der Waals surface area contributed by atoms with Crippen LogP contribution in [0.25, 0.3) is 0 Å². The summed E-state index contributed by atoms with van der Waals surface area (Å²) in [6, 6.07) is 1.54. The van der Waals surface area contributed by atoms with Gasteiger partial charge in [0.05, 0.1) is 0 Å². The molecule has 2 rings (SSSR count). The van der Waals surface area contributed by atoms with Crippen LogP contribution in [0, 0.1) is 5.41 Å². The molecule has 0 aromatic heterocycles. The van der Waals surface area contributed by atoms with Crippen molar-refractivity contribution in [2.24, 2.45) is 5.41 Å². The standard InChI is InChI=1S/C13H26N2/c1-6-13(5)9-15(10(2)8-14-13)11-7-12(11,3)4/h10-11,14H,6-9H2,1-5H3. The molecule has 3 atom stereocenters. The van der Waals surface area contributed by atoms with Crippen molar-refractivity contribution in [3.05, 3.63) is 0 Å². The van der Waals surface area contributed by atoms with Gasteiger partial charge in [0.25, 0.3) is 0 Å². The van der Waals surface area contributed by atoms with Crippen molar-refractivity contribution in [2.45, 2.75) is 65.1 Å². The molecule has 1 aliphatic heterocycles. The molecular weight excluding hydrogens is 184 g/mol. The lowest BCUT2D eigenvalue weighted by atomic mass is 9.93. The van der Waals surface area contributed by atoms with Gasteiger partial charge in [-0.05, 0) is 32.1 Å². The summed E-state index contributed by atoms with van der Waals surface area (Å²) in [5.74, 6) is 0. The molecule has 3 unspecified atom stereocenters. The van der Waals surface area contributed by atoms with E-state index in [1.807, 2.05) is 0 Å². The third kappa shape index (κ3) is 2.07. The third-order valence-electron chi connectivity index (χ3n) is 4.56. The van der Waals surface area contributed by atoms with Crippen LogP contribution in [0.15, 0.2) is 0 Å². The Morgan fingerprint density at radius 3 is 2.40 bits per heavy atom. The van der Waals surface area contributed by atoms with Gasteiger partial charge in [-0.3, -0.25) is 4.90 Å². The number of hydrogen-bond acceptors (Lipinski definition) is 2. The van der Waals surface area contributed by atoms with Gasteiger partial charge in [0.1, 0.15) is 0 Å². The fraction of sp³-hybridized carbons (Fsp3) is 1.00. The molecule has 88 valence electrons. The molecule has 0 amide bonds. The Morgan fingerprint density at radius 2 is 1.93 bits per heavy atom. The van der Waals surface area contributed by atoms with Crippen LogP contribution < -0.4 is 5.32 Å². The molecule has 2 heteroatoms. The van der Waals surface area contributed by atoms with Gasteiger partial charge >= 0.3 is 0 Å². The first-order chi connectivity index (χ1) is 6.88. The zero-order valence-electron chi connectivity index (χ0n) is 10.9. The molecule has 15 heavy (non-hydrogen) atoms. The molecule has 1 saturated carbocycles. The fourth-order valence-corrected chi connectivity index (χ4v) is 2.79. The molecule has 2 nitrogen and oxygen atoms in total. The van der Waals surface area contributed by atoms with Crippen LogP contribution in [0.4, 0.5) is 0 Å². The number of nitrogens with one attached hydrogen (secondary N) is 1. The summed E-state index contributed by atoms with van der Waals surface area (Å²) in [4.78, 5) is 2.74. The third-order valence-corrected chi connectivity index (χ3v) is 4.56. The normalized spacial score (nSPS) is 45.4. The summed E-state index contributed by atoms with van der Waals surface area (Å²) in [7, 11) is 0. The van der Waals surface area contributed by atoms with Crippen LogP contribution in [0.5, 0.6) is 0 Å². The van der Waals surface area contributed by atoms with E-state index >= 15 is 0 Å². The lowest BCUT2D eigenvalue weighted by Gasteiger charge is -2.45. The molecule has 0 radical (unpaired) electrons. The van der Waals surface area contributed by atoms with Gasteiger partial charge < -0.3 is 5.32 Å². The number of rotatable bonds is 2. The quantitative estimate of drug-likeness (QED) is 0.752. The molecule has 2 fully saturated rings. The summed E-state index contributed by atoms with van der Waals surface area (Å²) < 4.78 is 0. The first-order valence-corrected chi connectivity index (χ1v) is 6.39. The minimum absolute atomic E-state index is 0.338. The van der Waals surface area contributed by atoms with Crippen LogP contribution in [0.1, 0.15) is 47.5 Å². The monoisotopic (exact) mass is 210 g/mol. The molecule has 0 aromatic carbocycles. The van der Waals surface area contributed by atoms with Gasteiger partial charge in [0, 0.05) is 30.7 Å². The topological polar surface area (TPSA) is 15.3 Å². The zero-order chi connectivity index (χ0) is 11.3. The van der Waals surface area contributed by atoms with Crippen molar-refractivity contribution in [1.29, 1.82) is 0 Å². The van der Waals surface area contributed by atoms with Crippen LogP contribution in [-0.4, -0.2) is 35.6 Å². The highest BCUT2D eigenvalue weighted by atomic mass is 15.3. The van der Waals surface area contributed by atoms with Crippen molar-refractivity contribution >= 4 is 0 Å². The van der Waals surface area contributed by atoms with Crippen molar-refractivity contribution in [2.75, 3.05) is 13.1 Å². The largest absolute Gasteiger partial charge is 0.309 e. The smallest absolute Gasteiger partial charge is 0.0278 e. The van der Waals surface area contributed by atoms with Crippen LogP contribution in [0.2, 0.25) is 0 Å². The summed E-state index contributed by atoms with van der Waals surface area (Å²) in [5.41, 5.74) is 0.908. The molecule has 1 aliphatic carbocycles. The van der Waals surface area contributed by atoms with E-state index in [1.165, 1.54) is 19.4 Å². The number of nitrogens with zero attached hydrogens (tertiary/aromatic N) is 1. The molecule has 0 aromatic rings. The van der Waals surface area contributed by atoms with Crippen LogP contribution in [-0.2, 0) is 0 Å². The molecule has 0 bridgehead atoms. The Labute approximate surface area is 94.4 Å². The first kappa shape index (κ1) is 11.4. The van der Waals surface area contributed by atoms with Gasteiger partial charge in [-0.2, -0.15) is 0 Å². The maximum absolute atomic E-state index is 3.69. The van der Waals surface area contributed by atoms with Gasteiger partial charge in [0.2, 0.25) is 0 Å². The second-order valence-corrected chi connectivity index (χ2v) is 6.52. The van der Waals surface area contributed by atoms with Gasteiger partial charge in [-0.25, -0.2) is 0 Å². The van der Waals surface area contributed by atoms with E-state index in [1.54, 1.807) is 0 Å². The first-order valence-electron chi connectivity index (χ1n) is 6.39. The second kappa shape index (κ2) is 3.46. The number of hydrogen-bond donors (Lipinski definition) is 1. The predicted molar refractivity (Wildman–Crippen MR) is 65.1 cm³/mol. The van der Waals surface area contributed by atoms with E-state index in [2.05, 4.69) is 44.8 Å². The summed E-state index contributed by atoms with van der Waals surface area (Å²) in [5, 5.41) is 3.69. The summed E-state index contributed by atoms with van der Waals surface area (Å²) in [6.45, 7) is 14.2. The van der Waals surface area contributed by atoms with Gasteiger partial charge in [-0.1, -0.05) is 20.8 Å². The molecule has 1 N–H and O–H groups in total. The van der Waals surface area contributed by atoms with Crippen LogP contribution >= 0.6 is 0 Å². The van der Waals surface area contributed by atoms with E-state index in [0.29, 0.717) is 17.0 Å². The molecule has 1 heterocycles. The Kier molecular flexibility index (Phi) is 2.63. The molecular formula is C13H26N2. The minimum atomic E-state index is 0.338. The van der Waals surface area contributed by atoms with Gasteiger partial charge in [0.15, 0.2) is 0 Å². The minimum Gasteiger partial charge on any atom is -0.309 e. The Balaban J connectivity index is 2.04. The maximum Gasteiger partial charge on any atom is 0.0278 e. The van der Waals surface area contributed by atoms with Crippen LogP contribution in [0.3, 0.4) is 0 Å². The molecule has 1 saturated heterocycles. The van der Waals surface area contributed by atoms with E-state index in [-0.39, 0.29) is 0 Å². The second-order valence-electron chi connectivity index (χ2n) is 6.52. The zero-order valence-corrected chi connectivity index (χ0v) is 10.9. The average molecular weight is 210 g/mol. The highest BCUT2D eigenvalue weighted by molar-refractivity contribution is 5.07. The van der Waals surface area contributed by atoms with E-state index in [9.17, 15) is 0 Å². The predicted octanol–water partition coefficient (Wildman–Crippen LogP) is 2.25. The summed E-state index contributed by atoms with van der Waals surface area (Å²) >= 11 is 0. The molecule has 0 spiro atoms. The van der Waals surface area contributed by atoms with Crippen molar-refractivity contribution < 1.29 is 0 Å². The Bertz CT molecular complexity index is 249. The lowest BCUT2D eigenvalue weighted by molar-refractivity contribution is 0.0755. The van der Waals surface area contributed by atoms with Crippen molar-refractivity contribution in [3.8, 4) is 0 Å². The van der Waals surface area contributed by atoms with Crippen molar-refractivity contribution in [1.82, 2.24) is 10.2 Å². The summed E-state index contributed by atoms with van der Waals surface area (Å²) in [6.07, 6.45) is 2.61. The van der Waals surface area contributed by atoms with Gasteiger partial charge in [-0.15, -0.1) is 0 Å². The highest BCUT2D eigenvalue weighted by Crippen LogP contribution is 2.50. The Morgan fingerprint density at radius 1 is 1.33 bits per heavy atom. The highest BCUT2D eigenvalue weighted by Gasteiger charge is 2.52. The van der Waals surface area contributed by atoms with E-state index in [0.717, 1.165) is 12.6 Å². The van der Waals surface area contributed by atoms with E-state index < -0.39 is 0 Å². The average Bonchev–Trinajstić information content (AvgIpc) is 2.80. The van der Waals surface area contributed by atoms with E-state index in [4.69, 9.17) is 0 Å². The Hall–Kier alpha value is -0.0800. The maximum atomic E-state index is 3.69. The SMILES string of the molecule is CCC1(C)CN(C2CC2(C)C)C(C)CN1. The lowest BCUT2D eigenvalue weighted by Crippen LogP contribution is -2.62. The molecule has 2 aliphatic rings. The fourth-order valence-electron chi connectivity index (χ4n) is 2.79.